The lowest BCUT2D eigenvalue weighted by Crippen LogP contribution is -2.14. The summed E-state index contributed by atoms with van der Waals surface area (Å²) < 4.78 is 49.8. The normalized spacial score (nSPS) is 11.7. The van der Waals surface area contributed by atoms with E-state index in [1.807, 2.05) is 0 Å². The monoisotopic (exact) mass is 351 g/mol. The molecule has 8 heteroatoms. The van der Waals surface area contributed by atoms with E-state index in [2.05, 4.69) is 4.74 Å². The first kappa shape index (κ1) is 16.8. The van der Waals surface area contributed by atoms with Crippen LogP contribution in [0.1, 0.15) is 27.8 Å². The van der Waals surface area contributed by atoms with Crippen LogP contribution in [0.15, 0.2) is 40.8 Å². The minimum Gasteiger partial charge on any atom is -0.464 e. The predicted octanol–water partition coefficient (Wildman–Crippen LogP) is 4.37. The first-order valence-corrected chi connectivity index (χ1v) is 7.14. The number of hydrogen-bond donors (Lipinski definition) is 0. The molecule has 0 spiro atoms. The number of furan rings is 1. The maximum atomic E-state index is 12.8. The minimum atomic E-state index is -4.48. The molecule has 25 heavy (non-hydrogen) atoms. The number of ether oxygens (including phenoxy) is 1. The Labute approximate surface area is 139 Å². The van der Waals surface area contributed by atoms with E-state index in [0.717, 1.165) is 16.7 Å². The Morgan fingerprint density at radius 1 is 1.16 bits per heavy atom. The summed E-state index contributed by atoms with van der Waals surface area (Å²) in [6.07, 6.45) is -4.48. The molecule has 0 amide bonds. The van der Waals surface area contributed by atoms with Crippen molar-refractivity contribution in [3.05, 3.63) is 47.7 Å². The molecule has 0 bridgehead atoms. The maximum Gasteiger partial charge on any atom is 0.416 e. The number of aromatic nitrogens is 1. The molecule has 2 aromatic heterocycles. The van der Waals surface area contributed by atoms with Gasteiger partial charge in [0.1, 0.15) is 11.5 Å². The van der Waals surface area contributed by atoms with Gasteiger partial charge in [0, 0.05) is 24.6 Å². The second kappa shape index (κ2) is 5.80. The molecule has 0 saturated heterocycles. The van der Waals surface area contributed by atoms with Crippen molar-refractivity contribution in [3.8, 4) is 11.3 Å². The third-order valence-corrected chi connectivity index (χ3v) is 3.67. The van der Waals surface area contributed by atoms with Crippen LogP contribution < -0.4 is 0 Å². The Balaban J connectivity index is 2.15. The molecule has 130 valence electrons. The molecule has 0 atom stereocenters. The molecule has 1 aromatic carbocycles. The number of fused-ring (bicyclic) bond motifs is 1. The van der Waals surface area contributed by atoms with Crippen LogP contribution in [0, 0.1) is 0 Å². The van der Waals surface area contributed by atoms with E-state index in [4.69, 9.17) is 4.42 Å². The van der Waals surface area contributed by atoms with Gasteiger partial charge >= 0.3 is 12.1 Å². The van der Waals surface area contributed by atoms with Crippen LogP contribution in [-0.4, -0.2) is 23.6 Å². The molecule has 0 N–H and O–H groups in total. The van der Waals surface area contributed by atoms with Crippen LogP contribution in [0.2, 0.25) is 0 Å². The van der Waals surface area contributed by atoms with Gasteiger partial charge in [0.2, 0.25) is 5.91 Å². The standard InChI is InChI=1S/C17H12F3NO4/c1-9(22)21-12-7-14(25-15(12)8-13(21)16(23)24-2)10-4-3-5-11(6-10)17(18,19)20/h3-8H,1-2H3. The van der Waals surface area contributed by atoms with Crippen molar-refractivity contribution in [1.82, 2.24) is 4.57 Å². The number of benzene rings is 1. The zero-order chi connectivity index (χ0) is 18.4. The molecule has 0 saturated carbocycles. The zero-order valence-electron chi connectivity index (χ0n) is 13.2. The van der Waals surface area contributed by atoms with E-state index < -0.39 is 23.6 Å². The molecule has 0 aliphatic rings. The second-order valence-corrected chi connectivity index (χ2v) is 5.31. The SMILES string of the molecule is COC(=O)c1cc2oc(-c3cccc(C(F)(F)F)c3)cc2n1C(C)=O. The average molecular weight is 351 g/mol. The van der Waals surface area contributed by atoms with Gasteiger partial charge in [0.25, 0.3) is 0 Å². The van der Waals surface area contributed by atoms with Gasteiger partial charge < -0.3 is 9.15 Å². The fourth-order valence-corrected chi connectivity index (χ4v) is 2.58. The molecule has 0 aliphatic heterocycles. The molecule has 5 nitrogen and oxygen atoms in total. The van der Waals surface area contributed by atoms with E-state index in [0.29, 0.717) is 0 Å². The molecule has 0 aliphatic carbocycles. The fraction of sp³-hybridized carbons (Fsp3) is 0.176. The summed E-state index contributed by atoms with van der Waals surface area (Å²) in [5, 5.41) is 0. The van der Waals surface area contributed by atoms with Gasteiger partial charge in [0.15, 0.2) is 5.58 Å². The Bertz CT molecular complexity index is 982. The average Bonchev–Trinajstić information content (AvgIpc) is 3.10. The van der Waals surface area contributed by atoms with Crippen molar-refractivity contribution in [2.24, 2.45) is 0 Å². The number of esters is 1. The van der Waals surface area contributed by atoms with E-state index in [-0.39, 0.29) is 28.1 Å². The van der Waals surface area contributed by atoms with E-state index in [1.54, 1.807) is 0 Å². The van der Waals surface area contributed by atoms with Crippen LogP contribution in [-0.2, 0) is 10.9 Å². The number of nitrogens with zero attached hydrogens (tertiary/aromatic N) is 1. The van der Waals surface area contributed by atoms with Crippen molar-refractivity contribution in [1.29, 1.82) is 0 Å². The van der Waals surface area contributed by atoms with Crippen molar-refractivity contribution < 1.29 is 31.9 Å². The highest BCUT2D eigenvalue weighted by atomic mass is 19.4. The number of methoxy groups -OCH3 is 1. The molecule has 3 aromatic rings. The van der Waals surface area contributed by atoms with Crippen molar-refractivity contribution in [2.75, 3.05) is 7.11 Å². The maximum absolute atomic E-state index is 12.8. The Morgan fingerprint density at radius 2 is 1.88 bits per heavy atom. The van der Waals surface area contributed by atoms with Gasteiger partial charge in [-0.2, -0.15) is 13.2 Å². The van der Waals surface area contributed by atoms with Crippen LogP contribution >= 0.6 is 0 Å². The summed E-state index contributed by atoms with van der Waals surface area (Å²) in [4.78, 5) is 23.6. The molecular formula is C17H12F3NO4. The van der Waals surface area contributed by atoms with Crippen molar-refractivity contribution in [2.45, 2.75) is 13.1 Å². The quantitative estimate of drug-likeness (QED) is 0.644. The van der Waals surface area contributed by atoms with Gasteiger partial charge in [-0.15, -0.1) is 0 Å². The second-order valence-electron chi connectivity index (χ2n) is 5.31. The fourth-order valence-electron chi connectivity index (χ4n) is 2.58. The lowest BCUT2D eigenvalue weighted by atomic mass is 10.1. The van der Waals surface area contributed by atoms with E-state index in [9.17, 15) is 22.8 Å². The van der Waals surface area contributed by atoms with Crippen LogP contribution in [0.25, 0.3) is 22.4 Å². The predicted molar refractivity (Wildman–Crippen MR) is 82.3 cm³/mol. The lowest BCUT2D eigenvalue weighted by molar-refractivity contribution is -0.137. The topological polar surface area (TPSA) is 61.4 Å². The molecule has 3 rings (SSSR count). The van der Waals surface area contributed by atoms with Crippen molar-refractivity contribution >= 4 is 23.0 Å². The van der Waals surface area contributed by atoms with E-state index >= 15 is 0 Å². The highest BCUT2D eigenvalue weighted by Gasteiger charge is 2.31. The van der Waals surface area contributed by atoms with Gasteiger partial charge in [0.05, 0.1) is 18.2 Å². The van der Waals surface area contributed by atoms with Gasteiger partial charge in [-0.1, -0.05) is 12.1 Å². The van der Waals surface area contributed by atoms with Crippen LogP contribution in [0.4, 0.5) is 13.2 Å². The third-order valence-electron chi connectivity index (χ3n) is 3.67. The lowest BCUT2D eigenvalue weighted by Gasteiger charge is -2.07. The van der Waals surface area contributed by atoms with Crippen molar-refractivity contribution in [3.63, 3.8) is 0 Å². The first-order chi connectivity index (χ1) is 11.7. The summed E-state index contributed by atoms with van der Waals surface area (Å²) in [6, 6.07) is 7.38. The largest absolute Gasteiger partial charge is 0.464 e. The zero-order valence-corrected chi connectivity index (χ0v) is 13.2. The Hall–Kier alpha value is -3.03. The summed E-state index contributed by atoms with van der Waals surface area (Å²) in [6.45, 7) is 1.25. The Morgan fingerprint density at radius 3 is 2.48 bits per heavy atom. The molecule has 0 unspecified atom stereocenters. The third kappa shape index (κ3) is 2.90. The van der Waals surface area contributed by atoms with Crippen LogP contribution in [0.5, 0.6) is 0 Å². The van der Waals surface area contributed by atoms with Gasteiger partial charge in [-0.25, -0.2) is 4.79 Å². The minimum absolute atomic E-state index is 0.0145. The number of carbonyl (C=O) groups is 2. The number of carbonyl (C=O) groups excluding carboxylic acids is 2. The number of rotatable bonds is 2. The molecular weight excluding hydrogens is 339 g/mol. The molecule has 0 radical (unpaired) electrons. The summed E-state index contributed by atoms with van der Waals surface area (Å²) in [5.74, 6) is -1.02. The van der Waals surface area contributed by atoms with Crippen LogP contribution in [0.3, 0.4) is 0 Å². The first-order valence-electron chi connectivity index (χ1n) is 7.14. The highest BCUT2D eigenvalue weighted by Crippen LogP contribution is 2.35. The molecule has 0 fully saturated rings. The smallest absolute Gasteiger partial charge is 0.416 e. The van der Waals surface area contributed by atoms with E-state index in [1.165, 1.54) is 38.3 Å². The Kier molecular flexibility index (Phi) is 3.90. The summed E-state index contributed by atoms with van der Waals surface area (Å²) >= 11 is 0. The van der Waals surface area contributed by atoms with Gasteiger partial charge in [-0.05, 0) is 12.1 Å². The number of halogens is 3. The summed E-state index contributed by atoms with van der Waals surface area (Å²) in [7, 11) is 1.18. The van der Waals surface area contributed by atoms with Gasteiger partial charge in [-0.3, -0.25) is 9.36 Å². The summed E-state index contributed by atoms with van der Waals surface area (Å²) in [5.41, 5.74) is -0.140. The molecule has 2 heterocycles. The highest BCUT2D eigenvalue weighted by molar-refractivity contribution is 6.02. The number of hydrogen-bond acceptors (Lipinski definition) is 4. The number of alkyl halides is 3.